The second kappa shape index (κ2) is 5.96. The van der Waals surface area contributed by atoms with Gasteiger partial charge < -0.3 is 5.32 Å². The molecule has 0 spiro atoms. The summed E-state index contributed by atoms with van der Waals surface area (Å²) in [5.74, 6) is -0.477. The minimum Gasteiger partial charge on any atom is -0.354 e. The molecule has 0 unspecified atom stereocenters. The highest BCUT2D eigenvalue weighted by Crippen LogP contribution is 2.18. The highest BCUT2D eigenvalue weighted by molar-refractivity contribution is 7.92. The Balaban J connectivity index is 2.29. The molecule has 0 aliphatic carbocycles. The molecule has 0 saturated carbocycles. The van der Waals surface area contributed by atoms with Crippen LogP contribution in [-0.2, 0) is 16.4 Å². The number of aryl methyl sites for hydroxylation is 1. The van der Waals surface area contributed by atoms with Crippen molar-refractivity contribution in [3.05, 3.63) is 41.7 Å². The Morgan fingerprint density at radius 3 is 2.52 bits per heavy atom. The lowest BCUT2D eigenvalue weighted by Crippen LogP contribution is -2.21. The van der Waals surface area contributed by atoms with Crippen LogP contribution < -0.4 is 10.0 Å². The molecule has 0 atom stereocenters. The zero-order valence-corrected chi connectivity index (χ0v) is 12.5. The second-order valence-electron chi connectivity index (χ2n) is 4.33. The standard InChI is InChI=1S/C13H16N4O3S/c1-3-9-4-6-10(7-5-9)21(19,20)17-11-8-15-16-12(11)13(18)14-2/h4-8,17H,3H2,1-2H3,(H,14,18)(H,15,16). The van der Waals surface area contributed by atoms with Crippen LogP contribution in [0, 0.1) is 0 Å². The first kappa shape index (κ1) is 15.0. The third-order valence-corrected chi connectivity index (χ3v) is 4.35. The van der Waals surface area contributed by atoms with Crippen molar-refractivity contribution >= 4 is 21.6 Å². The third kappa shape index (κ3) is 3.22. The number of nitrogens with zero attached hydrogens (tertiary/aromatic N) is 1. The first-order valence-corrected chi connectivity index (χ1v) is 7.84. The molecule has 0 bridgehead atoms. The van der Waals surface area contributed by atoms with Crippen LogP contribution in [0.1, 0.15) is 23.0 Å². The summed E-state index contributed by atoms with van der Waals surface area (Å²) in [6, 6.07) is 6.56. The topological polar surface area (TPSA) is 104 Å². The van der Waals surface area contributed by atoms with E-state index in [9.17, 15) is 13.2 Å². The number of aromatic nitrogens is 2. The van der Waals surface area contributed by atoms with Gasteiger partial charge in [-0.2, -0.15) is 5.10 Å². The molecule has 3 N–H and O–H groups in total. The molecule has 0 fully saturated rings. The molecular weight excluding hydrogens is 292 g/mol. The first-order chi connectivity index (χ1) is 9.97. The van der Waals surface area contributed by atoms with Crippen molar-refractivity contribution in [3.63, 3.8) is 0 Å². The van der Waals surface area contributed by atoms with Crippen molar-refractivity contribution in [2.75, 3.05) is 11.8 Å². The van der Waals surface area contributed by atoms with Gasteiger partial charge in [-0.3, -0.25) is 14.6 Å². The fraction of sp³-hybridized carbons (Fsp3) is 0.231. The zero-order chi connectivity index (χ0) is 15.5. The molecule has 0 radical (unpaired) electrons. The lowest BCUT2D eigenvalue weighted by molar-refractivity contribution is 0.0959. The van der Waals surface area contributed by atoms with Gasteiger partial charge in [0.2, 0.25) is 0 Å². The molecule has 1 aromatic carbocycles. The highest BCUT2D eigenvalue weighted by Gasteiger charge is 2.20. The van der Waals surface area contributed by atoms with E-state index in [0.29, 0.717) is 0 Å². The number of aromatic amines is 1. The number of H-pyrrole nitrogens is 1. The van der Waals surface area contributed by atoms with Gasteiger partial charge in [0.25, 0.3) is 15.9 Å². The van der Waals surface area contributed by atoms with E-state index in [-0.39, 0.29) is 16.3 Å². The molecule has 21 heavy (non-hydrogen) atoms. The fourth-order valence-electron chi connectivity index (χ4n) is 1.77. The van der Waals surface area contributed by atoms with Gasteiger partial charge in [0.05, 0.1) is 10.6 Å². The van der Waals surface area contributed by atoms with Crippen LogP contribution in [0.25, 0.3) is 0 Å². The van der Waals surface area contributed by atoms with Gasteiger partial charge in [-0.05, 0) is 24.1 Å². The number of anilines is 1. The number of hydrogen-bond donors (Lipinski definition) is 3. The summed E-state index contributed by atoms with van der Waals surface area (Å²) in [7, 11) is -2.32. The number of benzene rings is 1. The van der Waals surface area contributed by atoms with E-state index in [1.165, 1.54) is 25.4 Å². The lowest BCUT2D eigenvalue weighted by Gasteiger charge is -2.08. The Labute approximate surface area is 122 Å². The normalized spacial score (nSPS) is 11.1. The molecule has 2 rings (SSSR count). The Bertz CT molecular complexity index is 735. The minimum absolute atomic E-state index is 0.00810. The van der Waals surface area contributed by atoms with Gasteiger partial charge in [-0.15, -0.1) is 0 Å². The first-order valence-electron chi connectivity index (χ1n) is 6.35. The number of hydrogen-bond acceptors (Lipinski definition) is 4. The monoisotopic (exact) mass is 308 g/mol. The van der Waals surface area contributed by atoms with Crippen molar-refractivity contribution < 1.29 is 13.2 Å². The van der Waals surface area contributed by atoms with Gasteiger partial charge in [0, 0.05) is 13.2 Å². The molecule has 1 amide bonds. The van der Waals surface area contributed by atoms with Crippen molar-refractivity contribution in [2.45, 2.75) is 18.2 Å². The fourth-order valence-corrected chi connectivity index (χ4v) is 2.82. The number of rotatable bonds is 5. The van der Waals surface area contributed by atoms with E-state index in [1.807, 2.05) is 6.92 Å². The van der Waals surface area contributed by atoms with Gasteiger partial charge in [0.1, 0.15) is 0 Å². The molecule has 112 valence electrons. The SMILES string of the molecule is CCc1ccc(S(=O)(=O)Nc2c[nH]nc2C(=O)NC)cc1. The molecule has 0 aliphatic heterocycles. The zero-order valence-electron chi connectivity index (χ0n) is 11.7. The van der Waals surface area contributed by atoms with Crippen LogP contribution in [0.5, 0.6) is 0 Å². The van der Waals surface area contributed by atoms with Crippen LogP contribution in [0.3, 0.4) is 0 Å². The summed E-state index contributed by atoms with van der Waals surface area (Å²) in [5.41, 5.74) is 1.14. The molecule has 2 aromatic rings. The number of amides is 1. The van der Waals surface area contributed by atoms with E-state index in [0.717, 1.165) is 12.0 Å². The number of carbonyl (C=O) groups is 1. The van der Waals surface area contributed by atoms with Gasteiger partial charge in [-0.1, -0.05) is 19.1 Å². The molecule has 0 saturated heterocycles. The van der Waals surface area contributed by atoms with Crippen LogP contribution in [0.2, 0.25) is 0 Å². The Kier molecular flexibility index (Phi) is 4.27. The molecule has 8 heteroatoms. The number of carbonyl (C=O) groups excluding carboxylic acids is 1. The molecule has 1 heterocycles. The van der Waals surface area contributed by atoms with Crippen molar-refractivity contribution in [1.82, 2.24) is 15.5 Å². The molecule has 7 nitrogen and oxygen atoms in total. The summed E-state index contributed by atoms with van der Waals surface area (Å²) < 4.78 is 26.9. The Morgan fingerprint density at radius 2 is 1.95 bits per heavy atom. The Morgan fingerprint density at radius 1 is 1.29 bits per heavy atom. The van der Waals surface area contributed by atoms with Crippen LogP contribution in [0.4, 0.5) is 5.69 Å². The van der Waals surface area contributed by atoms with Crippen molar-refractivity contribution in [3.8, 4) is 0 Å². The lowest BCUT2D eigenvalue weighted by atomic mass is 10.2. The molecule has 0 aliphatic rings. The second-order valence-corrected chi connectivity index (χ2v) is 6.01. The average Bonchev–Trinajstić information content (AvgIpc) is 2.94. The van der Waals surface area contributed by atoms with E-state index in [1.54, 1.807) is 12.1 Å². The third-order valence-electron chi connectivity index (χ3n) is 2.97. The Hall–Kier alpha value is -2.35. The highest BCUT2D eigenvalue weighted by atomic mass is 32.2. The predicted octanol–water partition coefficient (Wildman–Crippen LogP) is 1.13. The van der Waals surface area contributed by atoms with E-state index >= 15 is 0 Å². The van der Waals surface area contributed by atoms with Gasteiger partial charge in [-0.25, -0.2) is 8.42 Å². The van der Waals surface area contributed by atoms with Crippen LogP contribution in [0.15, 0.2) is 35.4 Å². The number of nitrogens with one attached hydrogen (secondary N) is 3. The molecule has 1 aromatic heterocycles. The maximum Gasteiger partial charge on any atom is 0.273 e. The summed E-state index contributed by atoms with van der Waals surface area (Å²) in [4.78, 5) is 11.7. The maximum atomic E-state index is 12.3. The van der Waals surface area contributed by atoms with Crippen LogP contribution >= 0.6 is 0 Å². The quantitative estimate of drug-likeness (QED) is 0.770. The molecular formula is C13H16N4O3S. The van der Waals surface area contributed by atoms with Crippen molar-refractivity contribution in [1.29, 1.82) is 0 Å². The summed E-state index contributed by atoms with van der Waals surface area (Å²) in [5, 5.41) is 8.59. The average molecular weight is 308 g/mol. The summed E-state index contributed by atoms with van der Waals surface area (Å²) >= 11 is 0. The van der Waals surface area contributed by atoms with Crippen LogP contribution in [-0.4, -0.2) is 31.6 Å². The number of sulfonamides is 1. The van der Waals surface area contributed by atoms with Gasteiger partial charge >= 0.3 is 0 Å². The predicted molar refractivity (Wildman–Crippen MR) is 78.6 cm³/mol. The van der Waals surface area contributed by atoms with E-state index in [2.05, 4.69) is 20.2 Å². The summed E-state index contributed by atoms with van der Waals surface area (Å²) in [6.07, 6.45) is 2.15. The minimum atomic E-state index is -3.76. The summed E-state index contributed by atoms with van der Waals surface area (Å²) in [6.45, 7) is 1.99. The largest absolute Gasteiger partial charge is 0.354 e. The van der Waals surface area contributed by atoms with Gasteiger partial charge in [0.15, 0.2) is 5.69 Å². The van der Waals surface area contributed by atoms with Crippen molar-refractivity contribution in [2.24, 2.45) is 0 Å². The van der Waals surface area contributed by atoms with E-state index in [4.69, 9.17) is 0 Å². The maximum absolute atomic E-state index is 12.3. The smallest absolute Gasteiger partial charge is 0.273 e. The van der Waals surface area contributed by atoms with E-state index < -0.39 is 15.9 Å².